The first-order chi connectivity index (χ1) is 17.7. The van der Waals surface area contributed by atoms with Crippen LogP contribution in [0.3, 0.4) is 0 Å². The topological polar surface area (TPSA) is 69.2 Å². The first kappa shape index (κ1) is 42.7. The molecule has 214 valence electrons. The zero-order valence-corrected chi connectivity index (χ0v) is 26.3. The van der Waals surface area contributed by atoms with Crippen LogP contribution in [0.5, 0.6) is 0 Å². The van der Waals surface area contributed by atoms with E-state index in [9.17, 15) is 15.3 Å². The van der Waals surface area contributed by atoms with Crippen LogP contribution in [0, 0.1) is 0 Å². The van der Waals surface area contributed by atoms with Gasteiger partial charge in [-0.05, 0) is 19.3 Å². The molecule has 0 aromatic heterocycles. The van der Waals surface area contributed by atoms with E-state index in [2.05, 4.69) is 52.8 Å². The molecule has 0 rings (SSSR count). The van der Waals surface area contributed by atoms with Crippen molar-refractivity contribution >= 4 is 15.2 Å². The van der Waals surface area contributed by atoms with Crippen LogP contribution in [0.15, 0.2) is 36.5 Å². The van der Waals surface area contributed by atoms with Crippen molar-refractivity contribution in [2.24, 2.45) is 0 Å². The Morgan fingerprint density at radius 3 is 0.861 bits per heavy atom. The van der Waals surface area contributed by atoms with Crippen molar-refractivity contribution in [1.82, 2.24) is 0 Å². The molecule has 0 heterocycles. The Bertz CT molecular complexity index is 341. The van der Waals surface area contributed by atoms with Crippen LogP contribution in [-0.2, 0) is 0 Å². The molecule has 0 radical (unpaired) electrons. The SMILES string of the molecule is CCCC/C=C/CC[O-].CCCC/C=C/CC[O-].CCCC/C=C/CC[O-].CCC[CH2][Al+][CH2]CCC. The van der Waals surface area contributed by atoms with Crippen LogP contribution in [0.1, 0.15) is 137 Å². The molecular weight excluding hydrogens is 459 g/mol. The average molecular weight is 523 g/mol. The van der Waals surface area contributed by atoms with Gasteiger partial charge in [0.15, 0.2) is 0 Å². The molecule has 0 bridgehead atoms. The normalized spacial score (nSPS) is 10.4. The van der Waals surface area contributed by atoms with E-state index >= 15 is 0 Å². The first-order valence-corrected chi connectivity index (χ1v) is 16.8. The summed E-state index contributed by atoms with van der Waals surface area (Å²) in [5, 5.41) is 32.8. The Morgan fingerprint density at radius 2 is 0.639 bits per heavy atom. The standard InChI is InChI=1S/3C8H15O.2C4H9.Al/c3*1-2-3-4-5-6-7-8-9;2*1-3-4-2;/h3*5-6H,2-4,7-8H2,1H3;2*1,3-4H2,2H3;/q3*-1;;;+1/b3*6-5+;;;. The number of rotatable bonds is 21. The summed E-state index contributed by atoms with van der Waals surface area (Å²) in [5.41, 5.74) is 0. The monoisotopic (exact) mass is 522 g/mol. The number of unbranched alkanes of at least 4 members (excludes halogenated alkanes) is 8. The molecule has 0 unspecified atom stereocenters. The molecule has 0 atom stereocenters. The van der Waals surface area contributed by atoms with Crippen LogP contribution in [-0.4, -0.2) is 35.0 Å². The van der Waals surface area contributed by atoms with Gasteiger partial charge in [0.1, 0.15) is 0 Å². The molecule has 0 aromatic carbocycles. The summed E-state index contributed by atoms with van der Waals surface area (Å²) in [6.07, 6.45) is 30.9. The van der Waals surface area contributed by atoms with Crippen molar-refractivity contribution in [1.29, 1.82) is 0 Å². The van der Waals surface area contributed by atoms with E-state index in [4.69, 9.17) is 0 Å². The van der Waals surface area contributed by atoms with E-state index in [1.807, 2.05) is 18.2 Å². The van der Waals surface area contributed by atoms with Gasteiger partial charge in [-0.15, -0.1) is 19.8 Å². The Labute approximate surface area is 234 Å². The average Bonchev–Trinajstić information content (AvgIpc) is 2.90. The first-order valence-electron chi connectivity index (χ1n) is 15.2. The van der Waals surface area contributed by atoms with E-state index in [-0.39, 0.29) is 19.8 Å². The predicted octanol–water partition coefficient (Wildman–Crippen LogP) is 7.58. The number of allylic oxidation sites excluding steroid dienone is 3. The zero-order chi connectivity index (χ0) is 27.8. The molecule has 0 aliphatic carbocycles. The van der Waals surface area contributed by atoms with Crippen LogP contribution in [0.25, 0.3) is 0 Å². The summed E-state index contributed by atoms with van der Waals surface area (Å²) in [4.78, 5) is 0. The third kappa shape index (κ3) is 64.1. The van der Waals surface area contributed by atoms with Gasteiger partial charge in [0.25, 0.3) is 0 Å². The predicted molar refractivity (Wildman–Crippen MR) is 160 cm³/mol. The Kier molecular flexibility index (Phi) is 60.9. The van der Waals surface area contributed by atoms with Crippen molar-refractivity contribution in [3.63, 3.8) is 0 Å². The summed E-state index contributed by atoms with van der Waals surface area (Å²) < 4.78 is 0. The van der Waals surface area contributed by atoms with E-state index < -0.39 is 0 Å². The molecule has 0 aliphatic heterocycles. The molecule has 0 aromatic rings. The Balaban J connectivity index is -0.000000190. The van der Waals surface area contributed by atoms with E-state index in [1.54, 1.807) is 0 Å². The summed E-state index contributed by atoms with van der Waals surface area (Å²) >= 11 is 0.818. The van der Waals surface area contributed by atoms with Gasteiger partial charge in [-0.25, -0.2) is 0 Å². The summed E-state index contributed by atoms with van der Waals surface area (Å²) in [6.45, 7) is 11.1. The summed E-state index contributed by atoms with van der Waals surface area (Å²) in [7, 11) is 0. The fourth-order valence-corrected chi connectivity index (χ4v) is 4.40. The summed E-state index contributed by atoms with van der Waals surface area (Å²) in [6, 6.07) is 0. The molecule has 0 amide bonds. The van der Waals surface area contributed by atoms with Crippen LogP contribution < -0.4 is 15.3 Å². The molecule has 36 heavy (non-hydrogen) atoms. The molecule has 0 saturated heterocycles. The zero-order valence-electron chi connectivity index (χ0n) is 25.1. The second kappa shape index (κ2) is 51.3. The third-order valence-corrected chi connectivity index (χ3v) is 6.68. The van der Waals surface area contributed by atoms with Crippen LogP contribution in [0.4, 0.5) is 0 Å². The number of hydrogen-bond acceptors (Lipinski definition) is 3. The third-order valence-electron chi connectivity index (χ3n) is 5.05. The minimum absolute atomic E-state index is 0.0304. The van der Waals surface area contributed by atoms with Crippen molar-refractivity contribution < 1.29 is 15.3 Å². The molecule has 0 aliphatic rings. The van der Waals surface area contributed by atoms with Gasteiger partial charge in [0, 0.05) is 0 Å². The van der Waals surface area contributed by atoms with Crippen molar-refractivity contribution in [2.45, 2.75) is 148 Å². The van der Waals surface area contributed by atoms with Gasteiger partial charge < -0.3 is 15.3 Å². The number of hydrogen-bond donors (Lipinski definition) is 0. The van der Waals surface area contributed by atoms with Crippen molar-refractivity contribution in [2.75, 3.05) is 19.8 Å². The molecular formula is C32H63AlO3-2. The van der Waals surface area contributed by atoms with Crippen molar-refractivity contribution in [3.05, 3.63) is 36.5 Å². The second-order valence-electron chi connectivity index (χ2n) is 8.89. The van der Waals surface area contributed by atoms with Crippen LogP contribution >= 0.6 is 0 Å². The minimum atomic E-state index is 0.0304. The quantitative estimate of drug-likeness (QED) is 0.0886. The molecule has 4 heteroatoms. The fraction of sp³-hybridized carbons (Fsp3) is 0.812. The molecule has 0 fully saturated rings. The van der Waals surface area contributed by atoms with Gasteiger partial charge in [0.2, 0.25) is 0 Å². The van der Waals surface area contributed by atoms with Gasteiger partial charge in [-0.2, -0.15) is 0 Å². The van der Waals surface area contributed by atoms with Crippen LogP contribution in [0.2, 0.25) is 10.6 Å². The van der Waals surface area contributed by atoms with Gasteiger partial charge >= 0.3 is 65.3 Å². The van der Waals surface area contributed by atoms with Crippen molar-refractivity contribution in [3.8, 4) is 0 Å². The molecule has 0 saturated carbocycles. The molecule has 0 N–H and O–H groups in total. The second-order valence-corrected chi connectivity index (χ2v) is 10.6. The maximum absolute atomic E-state index is 9.91. The Hall–Kier alpha value is -0.368. The summed E-state index contributed by atoms with van der Waals surface area (Å²) in [5.74, 6) is 0. The molecule has 3 nitrogen and oxygen atoms in total. The van der Waals surface area contributed by atoms with E-state index in [1.165, 1.54) is 74.8 Å². The van der Waals surface area contributed by atoms with E-state index in [0.29, 0.717) is 19.3 Å². The Morgan fingerprint density at radius 1 is 0.389 bits per heavy atom. The van der Waals surface area contributed by atoms with E-state index in [0.717, 1.165) is 34.5 Å². The van der Waals surface area contributed by atoms with Gasteiger partial charge in [-0.3, -0.25) is 0 Å². The van der Waals surface area contributed by atoms with Gasteiger partial charge in [-0.1, -0.05) is 115 Å². The maximum atomic E-state index is 9.91. The molecule has 0 spiro atoms. The van der Waals surface area contributed by atoms with Gasteiger partial charge in [0.05, 0.1) is 0 Å². The fourth-order valence-electron chi connectivity index (χ4n) is 2.72.